The molecule has 0 aromatic heterocycles. The van der Waals surface area contributed by atoms with Gasteiger partial charge in [-0.25, -0.2) is 14.3 Å². The highest BCUT2D eigenvalue weighted by atomic mass is 31.2. The van der Waals surface area contributed by atoms with Crippen molar-refractivity contribution in [3.8, 4) is 0 Å². The maximum absolute atomic E-state index is 11.8. The number of unbranched alkanes of at least 4 members (excludes halogenated alkanes) is 26. The number of hydrogen-bond donors (Lipinski definition) is 1. The molecule has 0 spiro atoms. The highest BCUT2D eigenvalue weighted by Crippen LogP contribution is 2.43. The van der Waals surface area contributed by atoms with Gasteiger partial charge < -0.3 is 0 Å². The lowest BCUT2D eigenvalue weighted by atomic mass is 10.0. The third-order valence-corrected chi connectivity index (χ3v) is 8.04. The van der Waals surface area contributed by atoms with Crippen molar-refractivity contribution in [3.05, 3.63) is 0 Å². The molecule has 0 amide bonds. The SMILES string of the molecule is CCCCCCCCCCCCCCCCOOP(=O)(O)OOCCCCCCCCCCCCCCCC. The van der Waals surface area contributed by atoms with Gasteiger partial charge in [-0.2, -0.15) is 0 Å². The summed E-state index contributed by atoms with van der Waals surface area (Å²) in [6.07, 6.45) is 35.9. The van der Waals surface area contributed by atoms with Gasteiger partial charge in [-0.3, -0.25) is 4.89 Å². The van der Waals surface area contributed by atoms with E-state index in [1.165, 1.54) is 141 Å². The Morgan fingerprint density at radius 1 is 0.385 bits per heavy atom. The molecule has 0 aliphatic carbocycles. The van der Waals surface area contributed by atoms with Gasteiger partial charge in [0.25, 0.3) is 0 Å². The molecule has 0 aliphatic rings. The van der Waals surface area contributed by atoms with E-state index in [-0.39, 0.29) is 13.2 Å². The molecule has 0 aliphatic heterocycles. The minimum absolute atomic E-state index is 0.283. The predicted octanol–water partition coefficient (Wildman–Crippen LogP) is 11.9. The van der Waals surface area contributed by atoms with Crippen molar-refractivity contribution in [2.24, 2.45) is 0 Å². The highest BCUT2D eigenvalue weighted by molar-refractivity contribution is 7.47. The molecule has 0 radical (unpaired) electrons. The second-order valence-electron chi connectivity index (χ2n) is 11.5. The summed E-state index contributed by atoms with van der Waals surface area (Å²) in [4.78, 5) is 19.3. The first-order valence-corrected chi connectivity index (χ1v) is 18.6. The Hall–Kier alpha value is 0.0300. The third-order valence-electron chi connectivity index (χ3n) is 7.46. The first kappa shape index (κ1) is 39.0. The topological polar surface area (TPSA) is 74.2 Å². The molecule has 39 heavy (non-hydrogen) atoms. The second-order valence-corrected chi connectivity index (χ2v) is 12.7. The summed E-state index contributed by atoms with van der Waals surface area (Å²) in [5, 5.41) is 0. The Kier molecular flexibility index (Phi) is 32.6. The average Bonchev–Trinajstić information content (AvgIpc) is 2.92. The van der Waals surface area contributed by atoms with Crippen molar-refractivity contribution in [1.82, 2.24) is 0 Å². The summed E-state index contributed by atoms with van der Waals surface area (Å²) >= 11 is 0. The summed E-state index contributed by atoms with van der Waals surface area (Å²) in [6, 6.07) is 0. The van der Waals surface area contributed by atoms with Crippen molar-refractivity contribution in [1.29, 1.82) is 0 Å². The molecule has 0 rings (SSSR count). The summed E-state index contributed by atoms with van der Waals surface area (Å²) < 4.78 is 20.8. The maximum Gasteiger partial charge on any atom is 0.526 e. The fourth-order valence-electron chi connectivity index (χ4n) is 4.93. The largest absolute Gasteiger partial charge is 0.526 e. The third kappa shape index (κ3) is 34.1. The van der Waals surface area contributed by atoms with Gasteiger partial charge in [-0.05, 0) is 12.8 Å². The summed E-state index contributed by atoms with van der Waals surface area (Å²) in [6.45, 7) is 5.10. The molecule has 0 saturated carbocycles. The Labute approximate surface area is 243 Å². The van der Waals surface area contributed by atoms with Crippen molar-refractivity contribution in [3.63, 3.8) is 0 Å². The molecule has 0 aromatic rings. The summed E-state index contributed by atoms with van der Waals surface area (Å²) in [7, 11) is -4.31. The molecule has 0 aromatic carbocycles. The maximum atomic E-state index is 11.8. The van der Waals surface area contributed by atoms with Gasteiger partial charge in [0.2, 0.25) is 0 Å². The Balaban J connectivity index is 3.27. The molecule has 236 valence electrons. The fraction of sp³-hybridized carbons (Fsp3) is 1.00. The highest BCUT2D eigenvalue weighted by Gasteiger charge is 2.24. The molecule has 0 atom stereocenters. The minimum Gasteiger partial charge on any atom is -0.299 e. The normalized spacial score (nSPS) is 12.0. The standard InChI is InChI=1S/C32H67O6P/c1-3-5-7-9-11-13-15-17-19-21-23-25-27-29-31-35-37-39(33,34)38-36-32-30-28-26-24-22-20-18-16-14-12-10-8-6-4-2/h3-32H2,1-2H3,(H,33,34). The Morgan fingerprint density at radius 2 is 0.590 bits per heavy atom. The van der Waals surface area contributed by atoms with E-state index < -0.39 is 7.82 Å². The number of hydrogen-bond acceptors (Lipinski definition) is 5. The lowest BCUT2D eigenvalue weighted by Gasteiger charge is -2.10. The summed E-state index contributed by atoms with van der Waals surface area (Å²) in [5.41, 5.74) is 0. The van der Waals surface area contributed by atoms with Crippen molar-refractivity contribution in [2.75, 3.05) is 13.2 Å². The van der Waals surface area contributed by atoms with E-state index in [1.54, 1.807) is 0 Å². The van der Waals surface area contributed by atoms with Gasteiger partial charge in [0, 0.05) is 0 Å². The van der Waals surface area contributed by atoms with Crippen LogP contribution in [0.5, 0.6) is 0 Å². The Morgan fingerprint density at radius 3 is 0.821 bits per heavy atom. The van der Waals surface area contributed by atoms with Gasteiger partial charge in [-0.1, -0.05) is 181 Å². The van der Waals surface area contributed by atoms with Crippen LogP contribution in [0.15, 0.2) is 0 Å². The zero-order valence-corrected chi connectivity index (χ0v) is 27.0. The van der Waals surface area contributed by atoms with Crippen molar-refractivity contribution in [2.45, 2.75) is 194 Å². The van der Waals surface area contributed by atoms with E-state index in [0.29, 0.717) is 0 Å². The molecule has 6 nitrogen and oxygen atoms in total. The lowest BCUT2D eigenvalue weighted by molar-refractivity contribution is -0.279. The van der Waals surface area contributed by atoms with Crippen LogP contribution >= 0.6 is 7.82 Å². The minimum atomic E-state index is -4.31. The first-order valence-electron chi connectivity index (χ1n) is 17.1. The number of rotatable bonds is 34. The van der Waals surface area contributed by atoms with Crippen LogP contribution in [0.4, 0.5) is 0 Å². The van der Waals surface area contributed by atoms with Gasteiger partial charge in [0.1, 0.15) is 0 Å². The molecular weight excluding hydrogens is 511 g/mol. The molecule has 1 N–H and O–H groups in total. The zero-order valence-electron chi connectivity index (χ0n) is 26.1. The van der Waals surface area contributed by atoms with Gasteiger partial charge in [-0.15, -0.1) is 9.35 Å². The molecule has 0 fully saturated rings. The fourth-order valence-corrected chi connectivity index (χ4v) is 5.37. The van der Waals surface area contributed by atoms with E-state index in [9.17, 15) is 9.46 Å². The van der Waals surface area contributed by atoms with Crippen LogP contribution in [0.2, 0.25) is 0 Å². The molecule has 0 bridgehead atoms. The van der Waals surface area contributed by atoms with Crippen LogP contribution in [0.3, 0.4) is 0 Å². The van der Waals surface area contributed by atoms with E-state index in [1.807, 2.05) is 0 Å². The van der Waals surface area contributed by atoms with Crippen LogP contribution in [0.1, 0.15) is 194 Å². The molecular formula is C32H67O6P. The second kappa shape index (κ2) is 32.5. The van der Waals surface area contributed by atoms with E-state index >= 15 is 0 Å². The monoisotopic (exact) mass is 578 g/mol. The smallest absolute Gasteiger partial charge is 0.299 e. The van der Waals surface area contributed by atoms with E-state index in [0.717, 1.165) is 38.5 Å². The van der Waals surface area contributed by atoms with Crippen LogP contribution in [-0.4, -0.2) is 18.1 Å². The van der Waals surface area contributed by atoms with Crippen LogP contribution < -0.4 is 0 Å². The molecule has 7 heteroatoms. The van der Waals surface area contributed by atoms with Gasteiger partial charge in [0.05, 0.1) is 13.2 Å². The van der Waals surface area contributed by atoms with E-state index in [4.69, 9.17) is 9.78 Å². The zero-order chi connectivity index (χ0) is 28.5. The van der Waals surface area contributed by atoms with Crippen LogP contribution in [0, 0.1) is 0 Å². The van der Waals surface area contributed by atoms with Crippen molar-refractivity contribution >= 4 is 7.82 Å². The first-order chi connectivity index (χ1) is 19.1. The summed E-state index contributed by atoms with van der Waals surface area (Å²) in [5.74, 6) is 0. The number of phosphoric acid groups is 1. The molecule has 0 saturated heterocycles. The quantitative estimate of drug-likeness (QED) is 0.0354. The van der Waals surface area contributed by atoms with E-state index in [2.05, 4.69) is 23.2 Å². The average molecular weight is 579 g/mol. The van der Waals surface area contributed by atoms with Gasteiger partial charge >= 0.3 is 7.82 Å². The van der Waals surface area contributed by atoms with Crippen molar-refractivity contribution < 1.29 is 28.6 Å². The van der Waals surface area contributed by atoms with Crippen LogP contribution in [0.25, 0.3) is 0 Å². The van der Waals surface area contributed by atoms with Crippen LogP contribution in [-0.2, 0) is 23.7 Å². The Bertz CT molecular complexity index is 465. The molecule has 0 heterocycles. The lowest BCUT2D eigenvalue weighted by Crippen LogP contribution is -2.01. The van der Waals surface area contributed by atoms with Gasteiger partial charge in [0.15, 0.2) is 0 Å². The predicted molar refractivity (Wildman–Crippen MR) is 165 cm³/mol. The molecule has 0 unspecified atom stereocenters.